The zero-order chi connectivity index (χ0) is 26.8. The molecule has 1 aliphatic rings. The van der Waals surface area contributed by atoms with Crippen LogP contribution in [0.5, 0.6) is 5.75 Å². The molecule has 0 unspecified atom stereocenters. The summed E-state index contributed by atoms with van der Waals surface area (Å²) in [5, 5.41) is 0.196. The van der Waals surface area contributed by atoms with E-state index in [-0.39, 0.29) is 35.5 Å². The van der Waals surface area contributed by atoms with Gasteiger partial charge in [0.1, 0.15) is 11.3 Å². The van der Waals surface area contributed by atoms with Gasteiger partial charge in [-0.3, -0.25) is 4.79 Å². The minimum absolute atomic E-state index is 0.0400. The van der Waals surface area contributed by atoms with Gasteiger partial charge in [-0.1, -0.05) is 32.9 Å². The van der Waals surface area contributed by atoms with E-state index in [0.717, 1.165) is 6.07 Å². The summed E-state index contributed by atoms with van der Waals surface area (Å²) in [5.41, 5.74) is -8.34. The van der Waals surface area contributed by atoms with Gasteiger partial charge in [0, 0.05) is 23.2 Å². The van der Waals surface area contributed by atoms with Crippen LogP contribution in [0, 0.1) is 11.2 Å². The molecule has 0 amide bonds. The van der Waals surface area contributed by atoms with Crippen LogP contribution in [-0.2, 0) is 21.3 Å². The van der Waals surface area contributed by atoms with E-state index in [1.54, 1.807) is 0 Å². The quantitative estimate of drug-likeness (QED) is 0.203. The number of fused-ring (bicyclic) bond motifs is 5. The van der Waals surface area contributed by atoms with E-state index < -0.39 is 55.6 Å². The topological polar surface area (TPSA) is 105 Å². The second-order valence-electron chi connectivity index (χ2n) is 9.27. The van der Waals surface area contributed by atoms with Crippen LogP contribution in [0.4, 0.5) is 17.6 Å². The van der Waals surface area contributed by atoms with Gasteiger partial charge in [0.2, 0.25) is 5.43 Å². The Bertz CT molecular complexity index is 1550. The number of carbonyl (C=O) groups is 1. The molecule has 1 aliphatic heterocycles. The van der Waals surface area contributed by atoms with Gasteiger partial charge in [-0.15, -0.1) is 0 Å². The van der Waals surface area contributed by atoms with E-state index in [9.17, 15) is 31.2 Å². The third-order valence-electron chi connectivity index (χ3n) is 5.89. The number of rotatable bonds is 4. The van der Waals surface area contributed by atoms with Gasteiger partial charge in [0.05, 0.1) is 6.61 Å². The molecule has 13 heteroatoms. The Labute approximate surface area is 202 Å². The molecule has 0 aliphatic carbocycles. The van der Waals surface area contributed by atoms with Crippen LogP contribution in [0.25, 0.3) is 22.4 Å². The Kier molecular flexibility index (Phi) is 5.97. The summed E-state index contributed by atoms with van der Waals surface area (Å²) in [7, 11) is -6.01. The van der Waals surface area contributed by atoms with Gasteiger partial charge in [-0.2, -0.15) is 21.6 Å². The number of hydrogen-bond acceptors (Lipinski definition) is 7. The molecule has 36 heavy (non-hydrogen) atoms. The Morgan fingerprint density at radius 2 is 1.89 bits per heavy atom. The zero-order valence-corrected chi connectivity index (χ0v) is 20.3. The van der Waals surface area contributed by atoms with Crippen molar-refractivity contribution < 1.29 is 44.1 Å². The number of carbonyl (C=O) groups excluding carboxylic acids is 1. The molecule has 1 aromatic carbocycles. The monoisotopic (exact) mass is 531 g/mol. The van der Waals surface area contributed by atoms with Crippen molar-refractivity contribution in [3.05, 3.63) is 51.6 Å². The fourth-order valence-corrected chi connectivity index (χ4v) is 4.67. The van der Waals surface area contributed by atoms with Crippen molar-refractivity contribution in [3.63, 3.8) is 0 Å². The first-order valence-corrected chi connectivity index (χ1v) is 12.2. The molecule has 3 aromatic rings. The fraction of sp³-hybridized carbons (Fsp3) is 0.391. The van der Waals surface area contributed by atoms with E-state index in [1.165, 1.54) is 29.8 Å². The Morgan fingerprint density at radius 3 is 2.47 bits per heavy atom. The standard InChI is InChI=1S/C23H21F4NO7S/c1-5-33-21(30)13-10-28-15(22(2,3)4)9-12-11-7-6-8-14(35-36(31,32)23(25,26)27)19(11)34-20(12)17(28)16(24)18(13)29/h6-8,10,15H,5,9H2,1-4H3/t15-/m0/s1. The third kappa shape index (κ3) is 4.04. The predicted octanol–water partition coefficient (Wildman–Crippen LogP) is 4.95. The number of pyridine rings is 1. The number of benzene rings is 1. The Balaban J connectivity index is 2.01. The lowest BCUT2D eigenvalue weighted by molar-refractivity contribution is -0.0499. The lowest BCUT2D eigenvalue weighted by atomic mass is 9.79. The van der Waals surface area contributed by atoms with Crippen molar-refractivity contribution in [2.75, 3.05) is 6.61 Å². The van der Waals surface area contributed by atoms with Crippen molar-refractivity contribution in [2.24, 2.45) is 5.41 Å². The van der Waals surface area contributed by atoms with E-state index in [1.807, 2.05) is 20.8 Å². The smallest absolute Gasteiger partial charge is 0.462 e. The van der Waals surface area contributed by atoms with Crippen molar-refractivity contribution in [1.82, 2.24) is 4.57 Å². The molecule has 0 bridgehead atoms. The van der Waals surface area contributed by atoms with Crippen LogP contribution in [0.3, 0.4) is 0 Å². The molecule has 8 nitrogen and oxygen atoms in total. The zero-order valence-electron chi connectivity index (χ0n) is 19.5. The van der Waals surface area contributed by atoms with Crippen molar-refractivity contribution in [1.29, 1.82) is 0 Å². The molecule has 0 saturated heterocycles. The van der Waals surface area contributed by atoms with Crippen LogP contribution in [0.1, 0.15) is 49.7 Å². The van der Waals surface area contributed by atoms with Crippen LogP contribution < -0.4 is 9.61 Å². The summed E-state index contributed by atoms with van der Waals surface area (Å²) < 4.78 is 93.7. The number of esters is 1. The second-order valence-corrected chi connectivity index (χ2v) is 10.8. The lowest BCUT2D eigenvalue weighted by Crippen LogP contribution is -2.34. The summed E-state index contributed by atoms with van der Waals surface area (Å²) in [4.78, 5) is 25.1. The van der Waals surface area contributed by atoms with Gasteiger partial charge in [0.15, 0.2) is 22.9 Å². The average molecular weight is 531 g/mol. The molecule has 0 radical (unpaired) electrons. The van der Waals surface area contributed by atoms with E-state index >= 15 is 4.39 Å². The summed E-state index contributed by atoms with van der Waals surface area (Å²) in [6, 6.07) is 3.17. The highest BCUT2D eigenvalue weighted by Gasteiger charge is 2.49. The molecule has 0 fully saturated rings. The first-order valence-electron chi connectivity index (χ1n) is 10.8. The molecule has 4 rings (SSSR count). The molecule has 0 N–H and O–H groups in total. The molecule has 3 heterocycles. The highest BCUT2D eigenvalue weighted by molar-refractivity contribution is 7.88. The van der Waals surface area contributed by atoms with Gasteiger partial charge in [-0.25, -0.2) is 9.18 Å². The number of halogens is 4. The number of alkyl halides is 3. The first kappa shape index (κ1) is 25.7. The molecule has 194 valence electrons. The highest BCUT2D eigenvalue weighted by Crippen LogP contribution is 2.48. The number of hydrogen-bond donors (Lipinski definition) is 0. The highest BCUT2D eigenvalue weighted by atomic mass is 32.2. The minimum atomic E-state index is -6.01. The molecule has 2 aromatic heterocycles. The summed E-state index contributed by atoms with van der Waals surface area (Å²) >= 11 is 0. The van der Waals surface area contributed by atoms with Gasteiger partial charge < -0.3 is 17.9 Å². The summed E-state index contributed by atoms with van der Waals surface area (Å²) in [6.07, 6.45) is 1.34. The lowest BCUT2D eigenvalue weighted by Gasteiger charge is -2.37. The van der Waals surface area contributed by atoms with Crippen LogP contribution >= 0.6 is 0 Å². The number of aromatic nitrogens is 1. The summed E-state index contributed by atoms with van der Waals surface area (Å²) in [6.45, 7) is 7.03. The average Bonchev–Trinajstić information content (AvgIpc) is 3.13. The normalized spacial score (nSPS) is 15.9. The van der Waals surface area contributed by atoms with Crippen molar-refractivity contribution in [2.45, 2.75) is 45.7 Å². The Hall–Kier alpha value is -3.35. The van der Waals surface area contributed by atoms with E-state index in [0.29, 0.717) is 5.56 Å². The molecule has 0 saturated carbocycles. The molecule has 0 spiro atoms. The fourth-order valence-electron chi connectivity index (χ4n) is 4.20. The van der Waals surface area contributed by atoms with Crippen molar-refractivity contribution >= 4 is 27.1 Å². The molecular weight excluding hydrogens is 510 g/mol. The minimum Gasteiger partial charge on any atom is -0.462 e. The van der Waals surface area contributed by atoms with E-state index in [2.05, 4.69) is 4.18 Å². The number of furan rings is 1. The molecule has 1 atom stereocenters. The number of nitrogens with zero attached hydrogens (tertiary/aromatic N) is 1. The second kappa shape index (κ2) is 8.36. The van der Waals surface area contributed by atoms with Crippen LogP contribution in [-0.4, -0.2) is 31.1 Å². The maximum atomic E-state index is 15.6. The maximum Gasteiger partial charge on any atom is 0.534 e. The number of ether oxygens (including phenoxy) is 1. The molecular formula is C23H21F4NO7S. The van der Waals surface area contributed by atoms with Crippen LogP contribution in [0.2, 0.25) is 0 Å². The largest absolute Gasteiger partial charge is 0.534 e. The van der Waals surface area contributed by atoms with E-state index in [4.69, 9.17) is 9.15 Å². The Morgan fingerprint density at radius 1 is 1.22 bits per heavy atom. The van der Waals surface area contributed by atoms with Gasteiger partial charge >= 0.3 is 21.6 Å². The third-order valence-corrected chi connectivity index (χ3v) is 6.85. The van der Waals surface area contributed by atoms with Gasteiger partial charge in [-0.05, 0) is 24.8 Å². The van der Waals surface area contributed by atoms with Crippen molar-refractivity contribution in [3.8, 4) is 17.2 Å². The summed E-state index contributed by atoms with van der Waals surface area (Å²) in [5.74, 6) is -3.26. The predicted molar refractivity (Wildman–Crippen MR) is 120 cm³/mol. The maximum absolute atomic E-state index is 15.6. The SMILES string of the molecule is CCOC(=O)c1cn2c(c(F)c1=O)-c1oc3c(OS(=O)(=O)C(F)(F)F)cccc3c1C[C@H]2C(C)(C)C. The van der Waals surface area contributed by atoms with Crippen LogP contribution in [0.15, 0.2) is 33.6 Å². The first-order chi connectivity index (χ1) is 16.6. The number of para-hydroxylation sites is 1. The van der Waals surface area contributed by atoms with Gasteiger partial charge in [0.25, 0.3) is 0 Å².